The molecule has 3 N–H and O–H groups in total. The molecule has 0 bridgehead atoms. The van der Waals surface area contributed by atoms with E-state index in [9.17, 15) is 9.90 Å². The Morgan fingerprint density at radius 1 is 1.29 bits per heavy atom. The lowest BCUT2D eigenvalue weighted by molar-refractivity contribution is 0.100. The van der Waals surface area contributed by atoms with E-state index in [0.717, 1.165) is 16.9 Å². The zero-order valence-corrected chi connectivity index (χ0v) is 12.1. The van der Waals surface area contributed by atoms with Crippen molar-refractivity contribution in [2.45, 2.75) is 13.3 Å². The summed E-state index contributed by atoms with van der Waals surface area (Å²) in [7, 11) is 0. The number of carbonyl (C=O) groups is 1. The molecule has 0 saturated carbocycles. The number of aryl methyl sites for hydroxylation is 1. The molecule has 0 radical (unpaired) electrons. The molecule has 0 fully saturated rings. The van der Waals surface area contributed by atoms with Crippen LogP contribution in [0.4, 0.5) is 0 Å². The molecule has 1 aromatic carbocycles. The lowest BCUT2D eigenvalue weighted by Gasteiger charge is -2.03. The second kappa shape index (κ2) is 5.14. The van der Waals surface area contributed by atoms with Crippen LogP contribution < -0.4 is 5.73 Å². The Bertz CT molecular complexity index is 828. The van der Waals surface area contributed by atoms with E-state index in [1.165, 1.54) is 0 Å². The molecular weight excluding hydrogens is 286 g/mol. The van der Waals surface area contributed by atoms with Crippen molar-refractivity contribution in [1.82, 2.24) is 9.97 Å². The van der Waals surface area contributed by atoms with Crippen LogP contribution in [0.2, 0.25) is 0 Å². The maximum atomic E-state index is 11.3. The summed E-state index contributed by atoms with van der Waals surface area (Å²) >= 11 is 1.10. The largest absolute Gasteiger partial charge is 0.505 e. The number of aromatic nitrogens is 2. The van der Waals surface area contributed by atoms with Gasteiger partial charge >= 0.3 is 0 Å². The van der Waals surface area contributed by atoms with E-state index in [4.69, 9.17) is 5.73 Å². The van der Waals surface area contributed by atoms with Gasteiger partial charge in [-0.15, -0.1) is 11.3 Å². The summed E-state index contributed by atoms with van der Waals surface area (Å²) in [5.74, 6) is -0.116. The number of rotatable bonds is 3. The van der Waals surface area contributed by atoms with Gasteiger partial charge < -0.3 is 10.8 Å². The highest BCUT2D eigenvalue weighted by Gasteiger charge is 2.19. The first kappa shape index (κ1) is 13.5. The lowest BCUT2D eigenvalue weighted by Crippen LogP contribution is -2.08. The van der Waals surface area contributed by atoms with Crippen molar-refractivity contribution >= 4 is 27.5 Å². The van der Waals surface area contributed by atoms with Crippen LogP contribution in [0.5, 0.6) is 5.75 Å². The normalized spacial score (nSPS) is 10.9. The molecule has 21 heavy (non-hydrogen) atoms. The number of aromatic hydroxyl groups is 1. The fourth-order valence-corrected chi connectivity index (χ4v) is 3.22. The topological polar surface area (TPSA) is 89.1 Å². The van der Waals surface area contributed by atoms with Crippen LogP contribution >= 0.6 is 11.3 Å². The fraction of sp³-hybridized carbons (Fsp3) is 0.133. The third-order valence-electron chi connectivity index (χ3n) is 3.18. The van der Waals surface area contributed by atoms with Gasteiger partial charge in [-0.1, -0.05) is 30.3 Å². The highest BCUT2D eigenvalue weighted by atomic mass is 32.1. The van der Waals surface area contributed by atoms with Crippen LogP contribution in [-0.2, 0) is 6.42 Å². The number of carbonyl (C=O) groups excluding carboxylic acids is 1. The van der Waals surface area contributed by atoms with Crippen LogP contribution in [0.25, 0.3) is 10.2 Å². The predicted octanol–water partition coefficient (Wildman–Crippen LogP) is 2.40. The van der Waals surface area contributed by atoms with Crippen molar-refractivity contribution < 1.29 is 9.90 Å². The number of amides is 1. The van der Waals surface area contributed by atoms with Gasteiger partial charge in [0.25, 0.3) is 5.91 Å². The third-order valence-corrected chi connectivity index (χ3v) is 4.27. The molecule has 1 amide bonds. The molecule has 0 atom stereocenters. The molecule has 0 aliphatic heterocycles. The van der Waals surface area contributed by atoms with Crippen molar-refractivity contribution in [1.29, 1.82) is 0 Å². The van der Waals surface area contributed by atoms with Crippen molar-refractivity contribution in [3.8, 4) is 5.75 Å². The summed E-state index contributed by atoms with van der Waals surface area (Å²) in [6.07, 6.45) is 0.599. The molecule has 0 unspecified atom stereocenters. The van der Waals surface area contributed by atoms with E-state index in [2.05, 4.69) is 9.97 Å². The Morgan fingerprint density at radius 2 is 2.00 bits per heavy atom. The Kier molecular flexibility index (Phi) is 3.31. The number of hydrogen-bond acceptors (Lipinski definition) is 5. The molecule has 6 heteroatoms. The van der Waals surface area contributed by atoms with Crippen molar-refractivity contribution in [3.63, 3.8) is 0 Å². The van der Waals surface area contributed by atoms with Crippen LogP contribution in [0.1, 0.15) is 26.8 Å². The second-order valence-electron chi connectivity index (χ2n) is 4.71. The first-order valence-corrected chi connectivity index (χ1v) is 7.20. The van der Waals surface area contributed by atoms with Crippen molar-refractivity contribution in [2.75, 3.05) is 0 Å². The molecule has 5 nitrogen and oxygen atoms in total. The van der Waals surface area contributed by atoms with Gasteiger partial charge in [-0.25, -0.2) is 9.97 Å². The van der Waals surface area contributed by atoms with Gasteiger partial charge in [0, 0.05) is 6.42 Å². The van der Waals surface area contributed by atoms with Crippen molar-refractivity contribution in [2.24, 2.45) is 5.73 Å². The van der Waals surface area contributed by atoms with Gasteiger partial charge in [-0.05, 0) is 12.5 Å². The molecular formula is C15H13N3O2S. The SMILES string of the molecule is Cc1nc(Cc2ccccc2)nc2sc(C(N)=O)c(O)c12. The minimum atomic E-state index is -0.653. The summed E-state index contributed by atoms with van der Waals surface area (Å²) in [6.45, 7) is 1.79. The zero-order chi connectivity index (χ0) is 15.0. The van der Waals surface area contributed by atoms with E-state index in [1.54, 1.807) is 6.92 Å². The number of nitrogens with zero attached hydrogens (tertiary/aromatic N) is 2. The average molecular weight is 299 g/mol. The molecule has 0 aliphatic carbocycles. The van der Waals surface area contributed by atoms with Crippen molar-refractivity contribution in [3.05, 3.63) is 52.3 Å². The van der Waals surface area contributed by atoms with Gasteiger partial charge in [0.2, 0.25) is 0 Å². The molecule has 106 valence electrons. The molecule has 2 heterocycles. The van der Waals surface area contributed by atoms with Gasteiger partial charge in [-0.2, -0.15) is 0 Å². The van der Waals surface area contributed by atoms with E-state index in [0.29, 0.717) is 28.2 Å². The number of thiophene rings is 1. The summed E-state index contributed by atoms with van der Waals surface area (Å²) in [5.41, 5.74) is 7.00. The second-order valence-corrected chi connectivity index (χ2v) is 5.71. The van der Waals surface area contributed by atoms with Gasteiger partial charge in [-0.3, -0.25) is 4.79 Å². The molecule has 3 aromatic rings. The number of benzene rings is 1. The van der Waals surface area contributed by atoms with Gasteiger partial charge in [0.05, 0.1) is 11.1 Å². The third kappa shape index (κ3) is 2.45. The minimum Gasteiger partial charge on any atom is -0.505 e. The highest BCUT2D eigenvalue weighted by molar-refractivity contribution is 7.20. The molecule has 3 rings (SSSR count). The minimum absolute atomic E-state index is 0.119. The van der Waals surface area contributed by atoms with E-state index in [-0.39, 0.29) is 10.6 Å². The number of fused-ring (bicyclic) bond motifs is 1. The Balaban J connectivity index is 2.09. The first-order chi connectivity index (χ1) is 10.1. The monoisotopic (exact) mass is 299 g/mol. The lowest BCUT2D eigenvalue weighted by atomic mass is 10.1. The van der Waals surface area contributed by atoms with Gasteiger partial charge in [0.1, 0.15) is 15.5 Å². The maximum Gasteiger partial charge on any atom is 0.262 e. The highest BCUT2D eigenvalue weighted by Crippen LogP contribution is 2.37. The molecule has 2 aromatic heterocycles. The molecule has 0 saturated heterocycles. The Labute approximate surface area is 125 Å². The first-order valence-electron chi connectivity index (χ1n) is 6.39. The molecule has 0 spiro atoms. The summed E-state index contributed by atoms with van der Waals surface area (Å²) in [5, 5.41) is 10.6. The fourth-order valence-electron chi connectivity index (χ4n) is 2.23. The molecule has 0 aliphatic rings. The zero-order valence-electron chi connectivity index (χ0n) is 11.3. The number of primary amides is 1. The Hall–Kier alpha value is -2.47. The quantitative estimate of drug-likeness (QED) is 0.777. The summed E-state index contributed by atoms with van der Waals surface area (Å²) in [4.78, 5) is 20.9. The average Bonchev–Trinajstić information content (AvgIpc) is 2.77. The van der Waals surface area contributed by atoms with Gasteiger partial charge in [0.15, 0.2) is 5.75 Å². The number of nitrogens with two attached hydrogens (primary N) is 1. The Morgan fingerprint density at radius 3 is 2.67 bits per heavy atom. The summed E-state index contributed by atoms with van der Waals surface area (Å²) < 4.78 is 0. The van der Waals surface area contributed by atoms with E-state index in [1.807, 2.05) is 30.3 Å². The van der Waals surface area contributed by atoms with E-state index >= 15 is 0 Å². The van der Waals surface area contributed by atoms with E-state index < -0.39 is 5.91 Å². The van der Waals surface area contributed by atoms with Crippen LogP contribution in [-0.4, -0.2) is 21.0 Å². The summed E-state index contributed by atoms with van der Waals surface area (Å²) in [6, 6.07) is 9.88. The van der Waals surface area contributed by atoms with Crippen LogP contribution in [0.15, 0.2) is 30.3 Å². The van der Waals surface area contributed by atoms with Crippen LogP contribution in [0, 0.1) is 6.92 Å². The number of hydrogen-bond donors (Lipinski definition) is 2. The standard InChI is InChI=1S/C15H13N3O2S/c1-8-11-12(19)13(14(16)20)21-15(11)18-10(17-8)7-9-5-3-2-4-6-9/h2-6,19H,7H2,1H3,(H2,16,20). The van der Waals surface area contributed by atoms with Crippen LogP contribution in [0.3, 0.4) is 0 Å². The maximum absolute atomic E-state index is 11.3. The predicted molar refractivity (Wildman–Crippen MR) is 81.6 cm³/mol. The smallest absolute Gasteiger partial charge is 0.262 e.